The zero-order chi connectivity index (χ0) is 20.1. The molecule has 0 bridgehead atoms. The topological polar surface area (TPSA) is 60.3 Å². The van der Waals surface area contributed by atoms with E-state index in [1.165, 1.54) is 0 Å². The van der Waals surface area contributed by atoms with Crippen LogP contribution in [-0.4, -0.2) is 29.3 Å². The second-order valence-corrected chi connectivity index (χ2v) is 7.19. The molecule has 0 radical (unpaired) electrons. The summed E-state index contributed by atoms with van der Waals surface area (Å²) in [6, 6.07) is 19.1. The number of ether oxygens (including phenoxy) is 1. The number of esters is 1. The molecular formula is C22H22N2O3S. The Hall–Kier alpha value is -2.99. The van der Waals surface area contributed by atoms with E-state index >= 15 is 0 Å². The van der Waals surface area contributed by atoms with Crippen molar-refractivity contribution in [2.24, 2.45) is 0 Å². The normalized spacial score (nSPS) is 10.5. The number of aromatic nitrogens is 1. The van der Waals surface area contributed by atoms with E-state index in [0.717, 1.165) is 22.0 Å². The molecule has 1 N–H and O–H groups in total. The summed E-state index contributed by atoms with van der Waals surface area (Å²) in [5.41, 5.74) is 3.81. The summed E-state index contributed by atoms with van der Waals surface area (Å²) in [6.07, 6.45) is 1.97. The number of carbonyl (C=O) groups is 2. The molecule has 0 saturated carbocycles. The largest absolute Gasteiger partial charge is 0.452 e. The van der Waals surface area contributed by atoms with Crippen molar-refractivity contribution in [3.8, 4) is 5.69 Å². The molecule has 144 valence electrons. The number of thioether (sulfide) groups is 1. The van der Waals surface area contributed by atoms with Gasteiger partial charge < -0.3 is 14.6 Å². The van der Waals surface area contributed by atoms with E-state index in [-0.39, 0.29) is 12.5 Å². The number of benzene rings is 2. The van der Waals surface area contributed by atoms with Crippen molar-refractivity contribution in [2.45, 2.75) is 18.7 Å². The average Bonchev–Trinajstić information content (AvgIpc) is 3.01. The minimum atomic E-state index is -0.511. The van der Waals surface area contributed by atoms with Crippen LogP contribution in [0.2, 0.25) is 0 Å². The number of nitrogens with zero attached hydrogens (tertiary/aromatic N) is 1. The Morgan fingerprint density at radius 1 is 1.04 bits per heavy atom. The van der Waals surface area contributed by atoms with Gasteiger partial charge in [0.15, 0.2) is 6.61 Å². The molecule has 0 aliphatic rings. The Morgan fingerprint density at radius 2 is 1.79 bits per heavy atom. The van der Waals surface area contributed by atoms with Gasteiger partial charge in [0.05, 0.1) is 5.56 Å². The fraction of sp³-hybridized carbons (Fsp3) is 0.182. The molecule has 1 amide bonds. The van der Waals surface area contributed by atoms with Crippen LogP contribution in [0.5, 0.6) is 0 Å². The fourth-order valence-electron chi connectivity index (χ4n) is 3.05. The quantitative estimate of drug-likeness (QED) is 0.490. The molecule has 0 saturated heterocycles. The zero-order valence-corrected chi connectivity index (χ0v) is 16.9. The summed E-state index contributed by atoms with van der Waals surface area (Å²) in [5.74, 6) is -0.883. The monoisotopic (exact) mass is 394 g/mol. The highest BCUT2D eigenvalue weighted by Gasteiger charge is 2.18. The van der Waals surface area contributed by atoms with Crippen LogP contribution in [-0.2, 0) is 9.53 Å². The first kappa shape index (κ1) is 19.8. The SMILES string of the molecule is CSc1cccc(NC(=O)COC(=O)c2cc(C)n(-c3ccccc3)c2C)c1. The molecular weight excluding hydrogens is 372 g/mol. The van der Waals surface area contributed by atoms with Crippen LogP contribution >= 0.6 is 11.8 Å². The van der Waals surface area contributed by atoms with Crippen LogP contribution < -0.4 is 5.32 Å². The van der Waals surface area contributed by atoms with Gasteiger partial charge >= 0.3 is 5.97 Å². The van der Waals surface area contributed by atoms with Crippen molar-refractivity contribution in [2.75, 3.05) is 18.2 Å². The number of amides is 1. The molecule has 0 aliphatic carbocycles. The van der Waals surface area contributed by atoms with Gasteiger partial charge in [-0.25, -0.2) is 4.79 Å². The second-order valence-electron chi connectivity index (χ2n) is 6.31. The van der Waals surface area contributed by atoms with Gasteiger partial charge in [0.1, 0.15) is 0 Å². The number of aryl methyl sites for hydroxylation is 1. The third-order valence-corrected chi connectivity index (χ3v) is 5.08. The molecule has 0 aliphatic heterocycles. The molecule has 2 aromatic carbocycles. The Kier molecular flexibility index (Phi) is 6.21. The zero-order valence-electron chi connectivity index (χ0n) is 16.1. The first-order chi connectivity index (χ1) is 13.5. The van der Waals surface area contributed by atoms with Gasteiger partial charge in [-0.05, 0) is 56.5 Å². The average molecular weight is 394 g/mol. The van der Waals surface area contributed by atoms with Crippen molar-refractivity contribution in [3.63, 3.8) is 0 Å². The Labute approximate surface area is 168 Å². The summed E-state index contributed by atoms with van der Waals surface area (Å²) in [4.78, 5) is 25.7. The van der Waals surface area contributed by atoms with E-state index in [2.05, 4.69) is 5.32 Å². The molecule has 1 heterocycles. The van der Waals surface area contributed by atoms with Crippen LogP contribution in [0.4, 0.5) is 5.69 Å². The summed E-state index contributed by atoms with van der Waals surface area (Å²) < 4.78 is 7.22. The van der Waals surface area contributed by atoms with Crippen molar-refractivity contribution >= 4 is 29.3 Å². The van der Waals surface area contributed by atoms with Gasteiger partial charge in [-0.2, -0.15) is 0 Å². The molecule has 0 unspecified atom stereocenters. The van der Waals surface area contributed by atoms with E-state index in [1.807, 2.05) is 73.2 Å². The summed E-state index contributed by atoms with van der Waals surface area (Å²) >= 11 is 1.59. The number of anilines is 1. The van der Waals surface area contributed by atoms with E-state index in [4.69, 9.17) is 4.74 Å². The summed E-state index contributed by atoms with van der Waals surface area (Å²) in [7, 11) is 0. The molecule has 0 atom stereocenters. The first-order valence-corrected chi connectivity index (χ1v) is 10.1. The smallest absolute Gasteiger partial charge is 0.340 e. The summed E-state index contributed by atoms with van der Waals surface area (Å²) in [6.45, 7) is 3.46. The Bertz CT molecular complexity index is 996. The molecule has 6 heteroatoms. The van der Waals surface area contributed by atoms with Crippen molar-refractivity contribution < 1.29 is 14.3 Å². The number of para-hydroxylation sites is 1. The van der Waals surface area contributed by atoms with Crippen LogP contribution in [0, 0.1) is 13.8 Å². The number of hydrogen-bond donors (Lipinski definition) is 1. The molecule has 5 nitrogen and oxygen atoms in total. The molecule has 0 fully saturated rings. The minimum absolute atomic E-state index is 0.336. The van der Waals surface area contributed by atoms with Crippen molar-refractivity contribution in [1.82, 2.24) is 4.57 Å². The minimum Gasteiger partial charge on any atom is -0.452 e. The van der Waals surface area contributed by atoms with E-state index in [0.29, 0.717) is 11.3 Å². The number of rotatable bonds is 6. The molecule has 3 aromatic rings. The lowest BCUT2D eigenvalue weighted by atomic mass is 10.2. The fourth-order valence-corrected chi connectivity index (χ4v) is 3.51. The first-order valence-electron chi connectivity index (χ1n) is 8.85. The van der Waals surface area contributed by atoms with Crippen LogP contribution in [0.15, 0.2) is 65.6 Å². The van der Waals surface area contributed by atoms with Crippen molar-refractivity contribution in [3.05, 3.63) is 77.6 Å². The standard InChI is InChI=1S/C22H22N2O3S/c1-15-12-20(16(2)24(15)18-9-5-4-6-10-18)22(26)27-14-21(25)23-17-8-7-11-19(13-17)28-3/h4-13H,14H2,1-3H3,(H,23,25). The lowest BCUT2D eigenvalue weighted by Gasteiger charge is -2.10. The molecule has 1 aromatic heterocycles. The second kappa shape index (κ2) is 8.80. The molecule has 3 rings (SSSR count). The third-order valence-electron chi connectivity index (χ3n) is 4.35. The van der Waals surface area contributed by atoms with Gasteiger partial charge in [0.2, 0.25) is 0 Å². The number of nitrogens with one attached hydrogen (secondary N) is 1. The lowest BCUT2D eigenvalue weighted by Crippen LogP contribution is -2.21. The Morgan fingerprint density at radius 3 is 2.50 bits per heavy atom. The van der Waals surface area contributed by atoms with Gasteiger partial charge in [-0.1, -0.05) is 24.3 Å². The van der Waals surface area contributed by atoms with Crippen LogP contribution in [0.3, 0.4) is 0 Å². The molecule has 0 spiro atoms. The van der Waals surface area contributed by atoms with E-state index in [1.54, 1.807) is 23.9 Å². The third kappa shape index (κ3) is 4.46. The van der Waals surface area contributed by atoms with Gasteiger partial charge in [0, 0.05) is 27.7 Å². The maximum absolute atomic E-state index is 12.5. The maximum atomic E-state index is 12.5. The predicted molar refractivity (Wildman–Crippen MR) is 112 cm³/mol. The predicted octanol–water partition coefficient (Wildman–Crippen LogP) is 4.61. The lowest BCUT2D eigenvalue weighted by molar-refractivity contribution is -0.119. The number of hydrogen-bond acceptors (Lipinski definition) is 4. The van der Waals surface area contributed by atoms with Gasteiger partial charge in [-0.15, -0.1) is 11.8 Å². The van der Waals surface area contributed by atoms with Gasteiger partial charge in [0.25, 0.3) is 5.91 Å². The van der Waals surface area contributed by atoms with Crippen LogP contribution in [0.1, 0.15) is 21.7 Å². The highest BCUT2D eigenvalue weighted by Crippen LogP contribution is 2.22. The summed E-state index contributed by atoms with van der Waals surface area (Å²) in [5, 5.41) is 2.75. The Balaban J connectivity index is 1.66. The highest BCUT2D eigenvalue weighted by atomic mass is 32.2. The van der Waals surface area contributed by atoms with Crippen LogP contribution in [0.25, 0.3) is 5.69 Å². The molecule has 28 heavy (non-hydrogen) atoms. The van der Waals surface area contributed by atoms with E-state index < -0.39 is 5.97 Å². The van der Waals surface area contributed by atoms with Gasteiger partial charge in [-0.3, -0.25) is 4.79 Å². The number of carbonyl (C=O) groups excluding carboxylic acids is 2. The van der Waals surface area contributed by atoms with Crippen molar-refractivity contribution in [1.29, 1.82) is 0 Å². The maximum Gasteiger partial charge on any atom is 0.340 e. The highest BCUT2D eigenvalue weighted by molar-refractivity contribution is 7.98. The van der Waals surface area contributed by atoms with E-state index in [9.17, 15) is 9.59 Å².